The van der Waals surface area contributed by atoms with E-state index in [4.69, 9.17) is 0 Å². The van der Waals surface area contributed by atoms with Crippen LogP contribution in [-0.2, 0) is 0 Å². The molecule has 2 amide bonds. The molecule has 0 unspecified atom stereocenters. The Morgan fingerprint density at radius 3 is 2.61 bits per heavy atom. The number of non-ortho nitro benzene ring substituents is 1. The number of carbonyl (C=O) groups is 1. The lowest BCUT2D eigenvalue weighted by Gasteiger charge is -2.04. The van der Waals surface area contributed by atoms with Crippen LogP contribution in [0.15, 0.2) is 46.9 Å². The number of benzene rings is 2. The zero-order chi connectivity index (χ0) is 16.4. The number of fused-ring (bicyclic) bond motifs is 1. The van der Waals surface area contributed by atoms with E-state index in [1.54, 1.807) is 0 Å². The predicted octanol–water partition coefficient (Wildman–Crippen LogP) is 4.61. The van der Waals surface area contributed by atoms with Crippen LogP contribution in [0.25, 0.3) is 10.2 Å². The maximum absolute atomic E-state index is 11.9. The lowest BCUT2D eigenvalue weighted by Crippen LogP contribution is -2.19. The van der Waals surface area contributed by atoms with Gasteiger partial charge >= 0.3 is 6.03 Å². The van der Waals surface area contributed by atoms with Gasteiger partial charge in [-0.2, -0.15) is 0 Å². The Bertz CT molecular complexity index is 895. The standard InChI is InChI=1S/C14H9BrN4O3S/c15-8-1-6-12-11(7-8)17-14(23-12)18-13(20)16-9-2-4-10(5-3-9)19(21)22/h1-7H,(H2,16,17,18,20). The molecule has 0 aliphatic heterocycles. The number of hydrogen-bond donors (Lipinski definition) is 2. The number of urea groups is 1. The SMILES string of the molecule is O=C(Nc1ccc([N+](=O)[O-])cc1)Nc1nc2cc(Br)ccc2s1. The van der Waals surface area contributed by atoms with E-state index in [-0.39, 0.29) is 5.69 Å². The van der Waals surface area contributed by atoms with Crippen molar-refractivity contribution in [2.45, 2.75) is 0 Å². The first kappa shape index (κ1) is 15.4. The van der Waals surface area contributed by atoms with Crippen LogP contribution in [0.3, 0.4) is 0 Å². The van der Waals surface area contributed by atoms with Gasteiger partial charge in [-0.05, 0) is 30.3 Å². The number of thiazole rings is 1. The molecule has 0 bridgehead atoms. The number of rotatable bonds is 3. The summed E-state index contributed by atoms with van der Waals surface area (Å²) in [7, 11) is 0. The van der Waals surface area contributed by atoms with E-state index in [2.05, 4.69) is 31.5 Å². The quantitative estimate of drug-likeness (QED) is 0.502. The van der Waals surface area contributed by atoms with Crippen LogP contribution < -0.4 is 10.6 Å². The second-order valence-electron chi connectivity index (χ2n) is 4.51. The summed E-state index contributed by atoms with van der Waals surface area (Å²) in [4.78, 5) is 26.3. The molecule has 0 aliphatic rings. The number of nitrogens with one attached hydrogen (secondary N) is 2. The average molecular weight is 393 g/mol. The van der Waals surface area contributed by atoms with Crippen LogP contribution >= 0.6 is 27.3 Å². The molecular weight excluding hydrogens is 384 g/mol. The first-order valence-electron chi connectivity index (χ1n) is 6.40. The van der Waals surface area contributed by atoms with E-state index in [1.807, 2.05) is 18.2 Å². The number of hydrogen-bond acceptors (Lipinski definition) is 5. The smallest absolute Gasteiger partial charge is 0.308 e. The summed E-state index contributed by atoms with van der Waals surface area (Å²) in [5.41, 5.74) is 1.21. The van der Waals surface area contributed by atoms with Gasteiger partial charge in [-0.15, -0.1) is 0 Å². The fraction of sp³-hybridized carbons (Fsp3) is 0. The molecule has 2 N–H and O–H groups in total. The summed E-state index contributed by atoms with van der Waals surface area (Å²) in [6.07, 6.45) is 0. The maximum atomic E-state index is 11.9. The largest absolute Gasteiger partial charge is 0.325 e. The highest BCUT2D eigenvalue weighted by atomic mass is 79.9. The molecule has 2 aromatic carbocycles. The molecule has 7 nitrogen and oxygen atoms in total. The number of nitro groups is 1. The summed E-state index contributed by atoms with van der Waals surface area (Å²) in [5.74, 6) is 0. The Labute approximate surface area is 142 Å². The number of anilines is 2. The molecule has 0 aliphatic carbocycles. The fourth-order valence-corrected chi connectivity index (χ4v) is 3.07. The monoisotopic (exact) mass is 392 g/mol. The van der Waals surface area contributed by atoms with E-state index in [0.717, 1.165) is 14.7 Å². The van der Waals surface area contributed by atoms with Gasteiger partial charge in [0.2, 0.25) is 0 Å². The highest BCUT2D eigenvalue weighted by Gasteiger charge is 2.09. The van der Waals surface area contributed by atoms with E-state index in [9.17, 15) is 14.9 Å². The molecule has 0 saturated heterocycles. The summed E-state index contributed by atoms with van der Waals surface area (Å²) < 4.78 is 1.87. The van der Waals surface area contributed by atoms with Crippen molar-refractivity contribution in [2.24, 2.45) is 0 Å². The van der Waals surface area contributed by atoms with E-state index < -0.39 is 11.0 Å². The van der Waals surface area contributed by atoms with Crippen LogP contribution in [0.5, 0.6) is 0 Å². The lowest BCUT2D eigenvalue weighted by atomic mass is 10.3. The number of nitro benzene ring substituents is 1. The summed E-state index contributed by atoms with van der Waals surface area (Å²) >= 11 is 4.73. The zero-order valence-electron chi connectivity index (χ0n) is 11.4. The second-order valence-corrected chi connectivity index (χ2v) is 6.46. The third-order valence-electron chi connectivity index (χ3n) is 2.91. The molecule has 1 heterocycles. The molecule has 3 aromatic rings. The molecule has 116 valence electrons. The van der Waals surface area contributed by atoms with Crippen LogP contribution in [0.2, 0.25) is 0 Å². The third-order valence-corrected chi connectivity index (χ3v) is 4.35. The Morgan fingerprint density at radius 2 is 1.91 bits per heavy atom. The topological polar surface area (TPSA) is 97.2 Å². The summed E-state index contributed by atoms with van der Waals surface area (Å²) in [5, 5.41) is 16.3. The van der Waals surface area contributed by atoms with Crippen molar-refractivity contribution in [1.29, 1.82) is 0 Å². The van der Waals surface area contributed by atoms with Crippen molar-refractivity contribution < 1.29 is 9.72 Å². The summed E-state index contributed by atoms with van der Waals surface area (Å²) in [6, 6.07) is 10.8. The minimum atomic E-state index is -0.497. The third kappa shape index (κ3) is 3.63. The Morgan fingerprint density at radius 1 is 1.17 bits per heavy atom. The molecular formula is C14H9BrN4O3S. The molecule has 3 rings (SSSR count). The van der Waals surface area contributed by atoms with Gasteiger partial charge in [0.1, 0.15) is 0 Å². The van der Waals surface area contributed by atoms with Crippen LogP contribution in [0, 0.1) is 10.1 Å². The van der Waals surface area contributed by atoms with Gasteiger partial charge < -0.3 is 5.32 Å². The van der Waals surface area contributed by atoms with E-state index >= 15 is 0 Å². The highest BCUT2D eigenvalue weighted by Crippen LogP contribution is 2.28. The lowest BCUT2D eigenvalue weighted by molar-refractivity contribution is -0.384. The molecule has 9 heteroatoms. The van der Waals surface area contributed by atoms with Gasteiger partial charge in [-0.3, -0.25) is 15.4 Å². The summed E-state index contributed by atoms with van der Waals surface area (Å²) in [6.45, 7) is 0. The van der Waals surface area contributed by atoms with Crippen molar-refractivity contribution in [1.82, 2.24) is 4.98 Å². The van der Waals surface area contributed by atoms with E-state index in [1.165, 1.54) is 35.6 Å². The molecule has 0 radical (unpaired) electrons. The maximum Gasteiger partial charge on any atom is 0.325 e. The minimum Gasteiger partial charge on any atom is -0.308 e. The molecule has 23 heavy (non-hydrogen) atoms. The Hall–Kier alpha value is -2.52. The first-order chi connectivity index (χ1) is 11.0. The highest BCUT2D eigenvalue weighted by molar-refractivity contribution is 9.10. The average Bonchev–Trinajstić information content (AvgIpc) is 2.88. The van der Waals surface area contributed by atoms with Crippen molar-refractivity contribution >= 4 is 60.0 Å². The van der Waals surface area contributed by atoms with Crippen LogP contribution in [0.1, 0.15) is 0 Å². The first-order valence-corrected chi connectivity index (χ1v) is 8.01. The van der Waals surface area contributed by atoms with Gasteiger partial charge in [0.05, 0.1) is 15.1 Å². The molecule has 0 fully saturated rings. The van der Waals surface area contributed by atoms with Crippen molar-refractivity contribution in [2.75, 3.05) is 10.6 Å². The molecule has 0 spiro atoms. The van der Waals surface area contributed by atoms with Gasteiger partial charge in [0, 0.05) is 22.3 Å². The van der Waals surface area contributed by atoms with E-state index in [0.29, 0.717) is 10.8 Å². The number of aromatic nitrogens is 1. The molecule has 0 saturated carbocycles. The van der Waals surface area contributed by atoms with Crippen LogP contribution in [0.4, 0.5) is 21.3 Å². The Balaban J connectivity index is 1.69. The number of halogens is 1. The predicted molar refractivity (Wildman–Crippen MR) is 93.1 cm³/mol. The van der Waals surface area contributed by atoms with Crippen molar-refractivity contribution in [3.05, 3.63) is 57.1 Å². The van der Waals surface area contributed by atoms with Gasteiger partial charge in [-0.25, -0.2) is 9.78 Å². The van der Waals surface area contributed by atoms with Gasteiger partial charge in [0.15, 0.2) is 5.13 Å². The second kappa shape index (κ2) is 6.31. The van der Waals surface area contributed by atoms with Crippen molar-refractivity contribution in [3.8, 4) is 0 Å². The zero-order valence-corrected chi connectivity index (χ0v) is 13.8. The number of nitrogens with zero attached hydrogens (tertiary/aromatic N) is 2. The normalized spacial score (nSPS) is 10.5. The van der Waals surface area contributed by atoms with Crippen molar-refractivity contribution in [3.63, 3.8) is 0 Å². The minimum absolute atomic E-state index is 0.0345. The van der Waals surface area contributed by atoms with Gasteiger partial charge in [-0.1, -0.05) is 27.3 Å². The molecule has 1 aromatic heterocycles. The van der Waals surface area contributed by atoms with Crippen LogP contribution in [-0.4, -0.2) is 15.9 Å². The Kier molecular flexibility index (Phi) is 4.22. The fourth-order valence-electron chi connectivity index (χ4n) is 1.88. The van der Waals surface area contributed by atoms with Gasteiger partial charge in [0.25, 0.3) is 5.69 Å². The number of carbonyl (C=O) groups excluding carboxylic acids is 1. The number of amides is 2. The molecule has 0 atom stereocenters.